The smallest absolute Gasteiger partial charge is 0.410 e. The average Bonchev–Trinajstić information content (AvgIpc) is 2.74. The Balaban J connectivity index is 2.23. The summed E-state index contributed by atoms with van der Waals surface area (Å²) in [5.41, 5.74) is 2.26. The summed E-state index contributed by atoms with van der Waals surface area (Å²) in [4.78, 5) is 24.9. The summed E-state index contributed by atoms with van der Waals surface area (Å²) in [6, 6.07) is 0. The Bertz CT molecular complexity index is 601. The zero-order chi connectivity index (χ0) is 17.2. The maximum Gasteiger partial charge on any atom is 0.410 e. The van der Waals surface area contributed by atoms with Gasteiger partial charge < -0.3 is 14.7 Å². The van der Waals surface area contributed by atoms with Crippen LogP contribution in [0.15, 0.2) is 0 Å². The van der Waals surface area contributed by atoms with Gasteiger partial charge in [0.05, 0.1) is 12.2 Å². The molecule has 1 amide bonds. The molecular formula is C16H25N3O4. The minimum atomic E-state index is -0.909. The van der Waals surface area contributed by atoms with Crippen molar-refractivity contribution in [2.45, 2.75) is 65.6 Å². The number of carboxylic acids is 1. The van der Waals surface area contributed by atoms with E-state index in [-0.39, 0.29) is 12.6 Å². The van der Waals surface area contributed by atoms with Gasteiger partial charge in [0.25, 0.3) is 0 Å². The van der Waals surface area contributed by atoms with Gasteiger partial charge in [-0.2, -0.15) is 5.10 Å². The van der Waals surface area contributed by atoms with Gasteiger partial charge in [-0.15, -0.1) is 0 Å². The van der Waals surface area contributed by atoms with E-state index >= 15 is 0 Å². The van der Waals surface area contributed by atoms with Crippen molar-refractivity contribution in [3.05, 3.63) is 17.0 Å². The predicted octanol–water partition coefficient (Wildman–Crippen LogP) is 2.21. The lowest BCUT2D eigenvalue weighted by Gasteiger charge is -2.30. The van der Waals surface area contributed by atoms with Crippen LogP contribution in [0.5, 0.6) is 0 Å². The van der Waals surface area contributed by atoms with E-state index in [1.807, 2.05) is 20.8 Å². The Morgan fingerprint density at radius 1 is 1.35 bits per heavy atom. The quantitative estimate of drug-likeness (QED) is 0.918. The number of rotatable bonds is 4. The number of carbonyl (C=O) groups excluding carboxylic acids is 1. The van der Waals surface area contributed by atoms with Crippen LogP contribution < -0.4 is 0 Å². The van der Waals surface area contributed by atoms with Gasteiger partial charge >= 0.3 is 12.1 Å². The SMILES string of the molecule is CCCc1nn(CC(=O)O)c2c1CN(C(=O)OC(C)(C)C)CC2. The maximum atomic E-state index is 12.3. The molecule has 2 rings (SSSR count). The molecule has 0 saturated heterocycles. The Kier molecular flexibility index (Phi) is 4.97. The molecule has 0 radical (unpaired) electrons. The third-order valence-electron chi connectivity index (χ3n) is 3.64. The number of ether oxygens (including phenoxy) is 1. The van der Waals surface area contributed by atoms with E-state index in [9.17, 15) is 9.59 Å². The Hall–Kier alpha value is -2.05. The highest BCUT2D eigenvalue weighted by Gasteiger charge is 2.30. The average molecular weight is 323 g/mol. The molecule has 1 N–H and O–H groups in total. The number of aromatic nitrogens is 2. The first kappa shape index (κ1) is 17.3. The zero-order valence-electron chi connectivity index (χ0n) is 14.3. The van der Waals surface area contributed by atoms with Crippen molar-refractivity contribution in [2.24, 2.45) is 0 Å². The number of aliphatic carboxylic acids is 1. The molecule has 0 aromatic carbocycles. The van der Waals surface area contributed by atoms with E-state index < -0.39 is 11.6 Å². The molecule has 0 spiro atoms. The van der Waals surface area contributed by atoms with Crippen molar-refractivity contribution in [3.63, 3.8) is 0 Å². The molecule has 0 saturated carbocycles. The first-order valence-electron chi connectivity index (χ1n) is 7.98. The van der Waals surface area contributed by atoms with Gasteiger partial charge in [0.2, 0.25) is 0 Å². The standard InChI is InChI=1S/C16H25N3O4/c1-5-6-12-11-9-18(15(22)23-16(2,3)4)8-7-13(11)19(17-12)10-14(20)21/h5-10H2,1-4H3,(H,20,21). The third kappa shape index (κ3) is 4.24. The molecule has 1 aliphatic heterocycles. The monoisotopic (exact) mass is 323 g/mol. The first-order valence-corrected chi connectivity index (χ1v) is 7.98. The highest BCUT2D eigenvalue weighted by molar-refractivity contribution is 5.69. The van der Waals surface area contributed by atoms with E-state index in [1.165, 1.54) is 0 Å². The molecule has 0 bridgehead atoms. The second-order valence-electron chi connectivity index (χ2n) is 6.83. The molecule has 0 atom stereocenters. The number of carbonyl (C=O) groups is 2. The topological polar surface area (TPSA) is 84.7 Å². The number of fused-ring (bicyclic) bond motifs is 1. The van der Waals surface area contributed by atoms with E-state index in [0.717, 1.165) is 29.8 Å². The molecule has 0 aliphatic carbocycles. The molecule has 1 aliphatic rings. The van der Waals surface area contributed by atoms with Crippen LogP contribution in [0.25, 0.3) is 0 Å². The minimum absolute atomic E-state index is 0.140. The van der Waals surface area contributed by atoms with Gasteiger partial charge in [0, 0.05) is 24.2 Å². The Morgan fingerprint density at radius 3 is 2.61 bits per heavy atom. The lowest BCUT2D eigenvalue weighted by molar-refractivity contribution is -0.137. The first-order chi connectivity index (χ1) is 10.7. The van der Waals surface area contributed by atoms with Crippen molar-refractivity contribution in [1.29, 1.82) is 0 Å². The van der Waals surface area contributed by atoms with Crippen LogP contribution in [0.4, 0.5) is 4.79 Å². The molecule has 7 heteroatoms. The van der Waals surface area contributed by atoms with Gasteiger partial charge in [-0.3, -0.25) is 9.48 Å². The van der Waals surface area contributed by atoms with Crippen LogP contribution >= 0.6 is 0 Å². The molecule has 7 nitrogen and oxygen atoms in total. The van der Waals surface area contributed by atoms with Crippen LogP contribution in [-0.4, -0.2) is 44.0 Å². The third-order valence-corrected chi connectivity index (χ3v) is 3.64. The van der Waals surface area contributed by atoms with Gasteiger partial charge in [0.1, 0.15) is 12.1 Å². The highest BCUT2D eigenvalue weighted by Crippen LogP contribution is 2.25. The fraction of sp³-hybridized carbons (Fsp3) is 0.688. The van der Waals surface area contributed by atoms with Crippen molar-refractivity contribution >= 4 is 12.1 Å². The summed E-state index contributed by atoms with van der Waals surface area (Å²) in [5, 5.41) is 13.5. The lowest BCUT2D eigenvalue weighted by Crippen LogP contribution is -2.40. The van der Waals surface area contributed by atoms with Crippen molar-refractivity contribution in [2.75, 3.05) is 6.54 Å². The predicted molar refractivity (Wildman–Crippen MR) is 84.2 cm³/mol. The van der Waals surface area contributed by atoms with E-state index in [2.05, 4.69) is 12.0 Å². The summed E-state index contributed by atoms with van der Waals surface area (Å²) in [6.07, 6.45) is 1.95. The number of aryl methyl sites for hydroxylation is 1. The molecule has 23 heavy (non-hydrogen) atoms. The molecular weight excluding hydrogens is 298 g/mol. The number of hydrogen-bond acceptors (Lipinski definition) is 4. The minimum Gasteiger partial charge on any atom is -0.480 e. The summed E-state index contributed by atoms with van der Waals surface area (Å²) in [7, 11) is 0. The second-order valence-corrected chi connectivity index (χ2v) is 6.83. The molecule has 1 aromatic rings. The van der Waals surface area contributed by atoms with E-state index in [0.29, 0.717) is 19.5 Å². The molecule has 0 unspecified atom stereocenters. The lowest BCUT2D eigenvalue weighted by atomic mass is 10.0. The second kappa shape index (κ2) is 6.60. The fourth-order valence-corrected chi connectivity index (χ4v) is 2.74. The summed E-state index contributed by atoms with van der Waals surface area (Å²) < 4.78 is 6.99. The normalized spacial score (nSPS) is 14.5. The van der Waals surface area contributed by atoms with Gasteiger partial charge in [0.15, 0.2) is 0 Å². The Morgan fingerprint density at radius 2 is 2.04 bits per heavy atom. The van der Waals surface area contributed by atoms with Crippen LogP contribution in [0.1, 0.15) is 51.1 Å². The molecule has 2 heterocycles. The van der Waals surface area contributed by atoms with Gasteiger partial charge in [-0.1, -0.05) is 13.3 Å². The summed E-state index contributed by atoms with van der Waals surface area (Å²) in [5.74, 6) is -0.909. The van der Waals surface area contributed by atoms with Gasteiger partial charge in [-0.05, 0) is 27.2 Å². The largest absolute Gasteiger partial charge is 0.480 e. The maximum absolute atomic E-state index is 12.3. The van der Waals surface area contributed by atoms with Crippen LogP contribution in [0, 0.1) is 0 Å². The number of amides is 1. The van der Waals surface area contributed by atoms with Crippen LogP contribution in [0.3, 0.4) is 0 Å². The molecule has 1 aromatic heterocycles. The van der Waals surface area contributed by atoms with Crippen LogP contribution in [0.2, 0.25) is 0 Å². The van der Waals surface area contributed by atoms with E-state index in [1.54, 1.807) is 9.58 Å². The van der Waals surface area contributed by atoms with Crippen LogP contribution in [-0.2, 0) is 35.5 Å². The molecule has 0 fully saturated rings. The highest BCUT2D eigenvalue weighted by atomic mass is 16.6. The number of nitrogens with zero attached hydrogens (tertiary/aromatic N) is 3. The fourth-order valence-electron chi connectivity index (χ4n) is 2.74. The van der Waals surface area contributed by atoms with Crippen molar-refractivity contribution in [1.82, 2.24) is 14.7 Å². The van der Waals surface area contributed by atoms with Crippen molar-refractivity contribution in [3.8, 4) is 0 Å². The van der Waals surface area contributed by atoms with Crippen molar-refractivity contribution < 1.29 is 19.4 Å². The van der Waals surface area contributed by atoms with Gasteiger partial charge in [-0.25, -0.2) is 4.79 Å². The Labute approximate surface area is 136 Å². The summed E-state index contributed by atoms with van der Waals surface area (Å²) >= 11 is 0. The number of carboxylic acid groups (broad SMARTS) is 1. The summed E-state index contributed by atoms with van der Waals surface area (Å²) in [6.45, 7) is 8.38. The molecule has 128 valence electrons. The number of hydrogen-bond donors (Lipinski definition) is 1. The zero-order valence-corrected chi connectivity index (χ0v) is 14.3. The van der Waals surface area contributed by atoms with E-state index in [4.69, 9.17) is 9.84 Å².